The molecule has 0 spiro atoms. The highest BCUT2D eigenvalue weighted by molar-refractivity contribution is 5.92. The van der Waals surface area contributed by atoms with Crippen molar-refractivity contribution < 1.29 is 0 Å². The van der Waals surface area contributed by atoms with E-state index in [1.165, 1.54) is 18.4 Å². The SMILES string of the molecule is C=Cc1cccc(Nc2ncnc3[nH]cc(CN4CCC(C)CC4)c23)c1. The Kier molecular flexibility index (Phi) is 4.71. The van der Waals surface area contributed by atoms with Gasteiger partial charge in [-0.15, -0.1) is 0 Å². The van der Waals surface area contributed by atoms with Gasteiger partial charge in [-0.25, -0.2) is 9.97 Å². The van der Waals surface area contributed by atoms with Crippen molar-refractivity contribution in [3.63, 3.8) is 0 Å². The molecule has 0 saturated carbocycles. The second-order valence-corrected chi connectivity index (χ2v) is 7.17. The summed E-state index contributed by atoms with van der Waals surface area (Å²) in [6.45, 7) is 9.43. The van der Waals surface area contributed by atoms with Crippen molar-refractivity contribution in [2.24, 2.45) is 5.92 Å². The number of aromatic nitrogens is 3. The van der Waals surface area contributed by atoms with Crippen LogP contribution in [0.4, 0.5) is 11.5 Å². The maximum Gasteiger partial charge on any atom is 0.143 e. The first kappa shape index (κ1) is 16.8. The topological polar surface area (TPSA) is 56.8 Å². The molecule has 1 fully saturated rings. The summed E-state index contributed by atoms with van der Waals surface area (Å²) < 4.78 is 0. The van der Waals surface area contributed by atoms with Gasteiger partial charge in [0.2, 0.25) is 0 Å². The Morgan fingerprint density at radius 2 is 2.15 bits per heavy atom. The molecule has 0 atom stereocenters. The minimum absolute atomic E-state index is 0.840. The minimum Gasteiger partial charge on any atom is -0.346 e. The average molecular weight is 347 g/mol. The van der Waals surface area contributed by atoms with Crippen LogP contribution in [0.15, 0.2) is 43.4 Å². The van der Waals surface area contributed by atoms with E-state index >= 15 is 0 Å². The Morgan fingerprint density at radius 3 is 2.96 bits per heavy atom. The third-order valence-corrected chi connectivity index (χ3v) is 5.21. The van der Waals surface area contributed by atoms with E-state index in [1.807, 2.05) is 24.3 Å². The Hall–Kier alpha value is -2.66. The molecule has 2 N–H and O–H groups in total. The van der Waals surface area contributed by atoms with E-state index in [1.54, 1.807) is 6.33 Å². The van der Waals surface area contributed by atoms with Crippen LogP contribution in [-0.4, -0.2) is 32.9 Å². The van der Waals surface area contributed by atoms with E-state index in [4.69, 9.17) is 0 Å². The van der Waals surface area contributed by atoms with Crippen LogP contribution < -0.4 is 5.32 Å². The molecule has 1 aliphatic heterocycles. The normalized spacial score (nSPS) is 16.0. The monoisotopic (exact) mass is 347 g/mol. The molecule has 26 heavy (non-hydrogen) atoms. The second-order valence-electron chi connectivity index (χ2n) is 7.17. The quantitative estimate of drug-likeness (QED) is 0.709. The summed E-state index contributed by atoms with van der Waals surface area (Å²) in [6, 6.07) is 8.16. The lowest BCUT2D eigenvalue weighted by Crippen LogP contribution is -2.32. The van der Waals surface area contributed by atoms with E-state index in [9.17, 15) is 0 Å². The summed E-state index contributed by atoms with van der Waals surface area (Å²) >= 11 is 0. The van der Waals surface area contributed by atoms with Crippen molar-refractivity contribution in [1.29, 1.82) is 0 Å². The van der Waals surface area contributed by atoms with Crippen molar-refractivity contribution in [2.45, 2.75) is 26.3 Å². The lowest BCUT2D eigenvalue weighted by Gasteiger charge is -2.30. The number of rotatable bonds is 5. The molecule has 0 amide bonds. The molecule has 5 heteroatoms. The first-order valence-corrected chi connectivity index (χ1v) is 9.26. The predicted molar refractivity (Wildman–Crippen MR) is 107 cm³/mol. The van der Waals surface area contributed by atoms with E-state index in [-0.39, 0.29) is 0 Å². The van der Waals surface area contributed by atoms with Crippen molar-refractivity contribution in [2.75, 3.05) is 18.4 Å². The number of piperidine rings is 1. The third-order valence-electron chi connectivity index (χ3n) is 5.21. The number of nitrogens with zero attached hydrogens (tertiary/aromatic N) is 3. The van der Waals surface area contributed by atoms with Gasteiger partial charge < -0.3 is 10.3 Å². The Morgan fingerprint density at radius 1 is 1.31 bits per heavy atom. The summed E-state index contributed by atoms with van der Waals surface area (Å²) in [5.41, 5.74) is 4.21. The average Bonchev–Trinajstić information content (AvgIpc) is 3.08. The predicted octanol–water partition coefficient (Wildman–Crippen LogP) is 4.58. The van der Waals surface area contributed by atoms with Gasteiger partial charge >= 0.3 is 0 Å². The van der Waals surface area contributed by atoms with Crippen LogP contribution >= 0.6 is 0 Å². The molecule has 0 unspecified atom stereocenters. The first-order chi connectivity index (χ1) is 12.7. The number of hydrogen-bond donors (Lipinski definition) is 2. The van der Waals surface area contributed by atoms with Gasteiger partial charge in [-0.3, -0.25) is 4.90 Å². The summed E-state index contributed by atoms with van der Waals surface area (Å²) in [7, 11) is 0. The highest BCUT2D eigenvalue weighted by Crippen LogP contribution is 2.28. The molecule has 3 heterocycles. The lowest BCUT2D eigenvalue weighted by atomic mass is 9.99. The number of likely N-dealkylation sites (tertiary alicyclic amines) is 1. The van der Waals surface area contributed by atoms with Gasteiger partial charge in [-0.05, 0) is 55.1 Å². The van der Waals surface area contributed by atoms with E-state index in [0.29, 0.717) is 0 Å². The summed E-state index contributed by atoms with van der Waals surface area (Å²) in [5, 5.41) is 4.53. The molecule has 4 rings (SSSR count). The molecule has 1 saturated heterocycles. The molecule has 1 aromatic carbocycles. The van der Waals surface area contributed by atoms with Crippen LogP contribution in [0.25, 0.3) is 17.1 Å². The van der Waals surface area contributed by atoms with Crippen molar-refractivity contribution in [3.8, 4) is 0 Å². The second kappa shape index (κ2) is 7.30. The molecule has 5 nitrogen and oxygen atoms in total. The zero-order valence-electron chi connectivity index (χ0n) is 15.2. The molecule has 0 aliphatic carbocycles. The molecular formula is C21H25N5. The highest BCUT2D eigenvalue weighted by Gasteiger charge is 2.18. The molecule has 2 aromatic heterocycles. The summed E-state index contributed by atoms with van der Waals surface area (Å²) in [6.07, 6.45) is 8.07. The van der Waals surface area contributed by atoms with Gasteiger partial charge in [0.25, 0.3) is 0 Å². The van der Waals surface area contributed by atoms with Gasteiger partial charge in [0.1, 0.15) is 17.8 Å². The molecule has 134 valence electrons. The number of hydrogen-bond acceptors (Lipinski definition) is 4. The summed E-state index contributed by atoms with van der Waals surface area (Å²) in [4.78, 5) is 14.7. The number of fused-ring (bicyclic) bond motifs is 1. The van der Waals surface area contributed by atoms with Crippen LogP contribution in [0.1, 0.15) is 30.9 Å². The summed E-state index contributed by atoms with van der Waals surface area (Å²) in [5.74, 6) is 1.68. The van der Waals surface area contributed by atoms with Gasteiger partial charge in [-0.2, -0.15) is 0 Å². The molecule has 0 bridgehead atoms. The number of anilines is 2. The first-order valence-electron chi connectivity index (χ1n) is 9.26. The zero-order valence-corrected chi connectivity index (χ0v) is 15.2. The maximum atomic E-state index is 4.51. The smallest absolute Gasteiger partial charge is 0.143 e. The van der Waals surface area contributed by atoms with Crippen LogP contribution in [0.5, 0.6) is 0 Å². The molecular weight excluding hydrogens is 322 g/mol. The zero-order chi connectivity index (χ0) is 17.9. The highest BCUT2D eigenvalue weighted by atomic mass is 15.1. The van der Waals surface area contributed by atoms with Crippen LogP contribution in [0.2, 0.25) is 0 Å². The number of benzene rings is 1. The van der Waals surface area contributed by atoms with Crippen molar-refractivity contribution in [3.05, 3.63) is 54.5 Å². The maximum absolute atomic E-state index is 4.51. The number of nitrogens with one attached hydrogen (secondary N) is 2. The van der Waals surface area contributed by atoms with Crippen LogP contribution in [-0.2, 0) is 6.54 Å². The van der Waals surface area contributed by atoms with Crippen molar-refractivity contribution >= 4 is 28.6 Å². The third kappa shape index (κ3) is 3.48. The van der Waals surface area contributed by atoms with Crippen LogP contribution in [0.3, 0.4) is 0 Å². The fraction of sp³-hybridized carbons (Fsp3) is 0.333. The Balaban J connectivity index is 1.62. The molecule has 1 aliphatic rings. The van der Waals surface area contributed by atoms with Crippen molar-refractivity contribution in [1.82, 2.24) is 19.9 Å². The minimum atomic E-state index is 0.840. The number of aromatic amines is 1. The van der Waals surface area contributed by atoms with Gasteiger partial charge in [0, 0.05) is 18.4 Å². The Labute approximate surface area is 154 Å². The molecule has 3 aromatic rings. The van der Waals surface area contributed by atoms with Gasteiger partial charge in [0.05, 0.1) is 5.39 Å². The standard InChI is InChI=1S/C21H25N5/c1-3-16-5-4-6-18(11-16)25-21-19-17(12-22-20(19)23-14-24-21)13-26-9-7-15(2)8-10-26/h3-6,11-12,14-15H,1,7-10,13H2,2H3,(H2,22,23,24,25). The van der Waals surface area contributed by atoms with Gasteiger partial charge in [0.15, 0.2) is 0 Å². The fourth-order valence-corrected chi connectivity index (χ4v) is 3.59. The van der Waals surface area contributed by atoms with Crippen LogP contribution in [0, 0.1) is 5.92 Å². The van der Waals surface area contributed by atoms with E-state index < -0.39 is 0 Å². The van der Waals surface area contributed by atoms with E-state index in [2.05, 4.69) is 50.9 Å². The Bertz CT molecular complexity index is 906. The largest absolute Gasteiger partial charge is 0.346 e. The lowest BCUT2D eigenvalue weighted by molar-refractivity contribution is 0.186. The van der Waals surface area contributed by atoms with Gasteiger partial charge in [-0.1, -0.05) is 31.7 Å². The molecule has 0 radical (unpaired) electrons. The van der Waals surface area contributed by atoms with E-state index in [0.717, 1.165) is 53.7 Å². The fourth-order valence-electron chi connectivity index (χ4n) is 3.59. The number of H-pyrrole nitrogens is 1.